The van der Waals surface area contributed by atoms with Gasteiger partial charge in [-0.1, -0.05) is 55.0 Å². The van der Waals surface area contributed by atoms with Crippen molar-refractivity contribution in [2.24, 2.45) is 11.8 Å². The molecule has 1 amide bonds. The summed E-state index contributed by atoms with van der Waals surface area (Å²) in [4.78, 5) is 14.7. The average molecular weight is 363 g/mol. The number of aliphatic hydroxyl groups is 1. The molecule has 1 N–H and O–H groups in total. The number of ether oxygens (including phenoxy) is 1. The van der Waals surface area contributed by atoms with Crippen molar-refractivity contribution in [3.8, 4) is 11.1 Å². The van der Waals surface area contributed by atoms with Gasteiger partial charge in [-0.05, 0) is 41.0 Å². The number of likely N-dealkylation sites (tertiary alicyclic amines) is 1. The summed E-state index contributed by atoms with van der Waals surface area (Å²) in [7, 11) is 0. The smallest absolute Gasteiger partial charge is 0.410 e. The predicted molar refractivity (Wildman–Crippen MR) is 103 cm³/mol. The summed E-state index contributed by atoms with van der Waals surface area (Å²) >= 11 is 0. The first-order chi connectivity index (χ1) is 13.3. The molecular weight excluding hydrogens is 338 g/mol. The van der Waals surface area contributed by atoms with E-state index in [1.807, 2.05) is 4.90 Å². The molecule has 1 heterocycles. The molecule has 2 aromatic rings. The Hall–Kier alpha value is -2.33. The van der Waals surface area contributed by atoms with Crippen LogP contribution in [-0.4, -0.2) is 41.9 Å². The lowest BCUT2D eigenvalue weighted by Gasteiger charge is -2.30. The molecule has 0 aromatic heterocycles. The maximum atomic E-state index is 12.9. The lowest BCUT2D eigenvalue weighted by atomic mass is 9.80. The maximum absolute atomic E-state index is 12.9. The highest BCUT2D eigenvalue weighted by atomic mass is 16.6. The Balaban J connectivity index is 1.34. The highest BCUT2D eigenvalue weighted by Gasteiger charge is 2.46. The Bertz CT molecular complexity index is 819. The fourth-order valence-electron chi connectivity index (χ4n) is 5.49. The number of aliphatic hydroxyl groups excluding tert-OH is 1. The van der Waals surface area contributed by atoms with Crippen molar-refractivity contribution >= 4 is 6.09 Å². The number of amides is 1. The zero-order chi connectivity index (χ0) is 18.4. The van der Waals surface area contributed by atoms with E-state index in [0.717, 1.165) is 25.8 Å². The number of nitrogens with zero attached hydrogens (tertiary/aromatic N) is 1. The third-order valence-corrected chi connectivity index (χ3v) is 6.79. The maximum Gasteiger partial charge on any atom is 0.410 e. The Labute approximate surface area is 159 Å². The minimum atomic E-state index is -0.218. The first kappa shape index (κ1) is 16.8. The van der Waals surface area contributed by atoms with Crippen LogP contribution in [-0.2, 0) is 4.74 Å². The SMILES string of the molecule is O=C(OCC1c2ccccc2-c2ccccc21)N1CC2CCCC1C2CO. The van der Waals surface area contributed by atoms with Gasteiger partial charge in [-0.2, -0.15) is 0 Å². The van der Waals surface area contributed by atoms with Gasteiger partial charge in [0.25, 0.3) is 0 Å². The fraction of sp³-hybridized carbons (Fsp3) is 0.435. The minimum Gasteiger partial charge on any atom is -0.448 e. The lowest BCUT2D eigenvalue weighted by Crippen LogP contribution is -2.40. The summed E-state index contributed by atoms with van der Waals surface area (Å²) in [6, 6.07) is 16.9. The third kappa shape index (κ3) is 2.66. The molecule has 140 valence electrons. The topological polar surface area (TPSA) is 49.8 Å². The third-order valence-electron chi connectivity index (χ3n) is 6.79. The first-order valence-corrected chi connectivity index (χ1v) is 10.0. The second-order valence-electron chi connectivity index (χ2n) is 8.06. The quantitative estimate of drug-likeness (QED) is 0.896. The zero-order valence-electron chi connectivity index (χ0n) is 15.4. The molecule has 4 heteroatoms. The molecule has 3 unspecified atom stereocenters. The van der Waals surface area contributed by atoms with Crippen LogP contribution in [0.15, 0.2) is 48.5 Å². The predicted octanol–water partition coefficient (Wildman–Crippen LogP) is 4.03. The highest BCUT2D eigenvalue weighted by molar-refractivity contribution is 5.79. The minimum absolute atomic E-state index is 0.0944. The Kier molecular flexibility index (Phi) is 4.16. The molecule has 1 saturated heterocycles. The number of carbonyl (C=O) groups excluding carboxylic acids is 1. The molecule has 27 heavy (non-hydrogen) atoms. The summed E-state index contributed by atoms with van der Waals surface area (Å²) in [6.07, 6.45) is 3.00. The van der Waals surface area contributed by atoms with Crippen molar-refractivity contribution in [1.82, 2.24) is 4.90 Å². The molecule has 1 saturated carbocycles. The normalized spacial score (nSPS) is 26.0. The van der Waals surface area contributed by atoms with Crippen LogP contribution in [0, 0.1) is 11.8 Å². The van der Waals surface area contributed by atoms with Crippen molar-refractivity contribution in [2.45, 2.75) is 31.2 Å². The van der Waals surface area contributed by atoms with Gasteiger partial charge in [-0.3, -0.25) is 0 Å². The molecule has 4 nitrogen and oxygen atoms in total. The van der Waals surface area contributed by atoms with Gasteiger partial charge >= 0.3 is 6.09 Å². The second-order valence-corrected chi connectivity index (χ2v) is 8.06. The summed E-state index contributed by atoms with van der Waals surface area (Å²) in [5.74, 6) is 0.741. The molecule has 2 aromatic carbocycles. The summed E-state index contributed by atoms with van der Waals surface area (Å²) in [5, 5.41) is 9.71. The molecule has 1 aliphatic heterocycles. The molecule has 2 aliphatic carbocycles. The molecule has 5 rings (SSSR count). The van der Waals surface area contributed by atoms with Gasteiger partial charge in [0.1, 0.15) is 6.61 Å². The zero-order valence-corrected chi connectivity index (χ0v) is 15.4. The van der Waals surface area contributed by atoms with Crippen LogP contribution in [0.5, 0.6) is 0 Å². The number of fused-ring (bicyclic) bond motifs is 5. The van der Waals surface area contributed by atoms with Crippen LogP contribution >= 0.6 is 0 Å². The van der Waals surface area contributed by atoms with Crippen LogP contribution in [0.4, 0.5) is 4.79 Å². The monoisotopic (exact) mass is 363 g/mol. The molecule has 2 bridgehead atoms. The van der Waals surface area contributed by atoms with E-state index in [9.17, 15) is 9.90 Å². The van der Waals surface area contributed by atoms with E-state index in [0.29, 0.717) is 12.5 Å². The molecule has 0 radical (unpaired) electrons. The van der Waals surface area contributed by atoms with Crippen molar-refractivity contribution < 1.29 is 14.6 Å². The van der Waals surface area contributed by atoms with Gasteiger partial charge in [0.05, 0.1) is 0 Å². The molecule has 3 atom stereocenters. The summed E-state index contributed by atoms with van der Waals surface area (Å²) in [5.41, 5.74) is 4.96. The molecule has 2 fully saturated rings. The van der Waals surface area contributed by atoms with Crippen LogP contribution in [0.25, 0.3) is 11.1 Å². The Morgan fingerprint density at radius 2 is 1.70 bits per heavy atom. The van der Waals surface area contributed by atoms with Crippen molar-refractivity contribution in [3.05, 3.63) is 59.7 Å². The fourth-order valence-corrected chi connectivity index (χ4v) is 5.49. The molecular formula is C23H25NO3. The standard InChI is InChI=1S/C23H25NO3/c25-13-20-15-6-5-11-22(20)24(12-15)23(26)27-14-21-18-9-3-1-7-16(18)17-8-2-4-10-19(17)21/h1-4,7-10,15,20-22,25H,5-6,11-14H2. The first-order valence-electron chi connectivity index (χ1n) is 10.0. The largest absolute Gasteiger partial charge is 0.448 e. The van der Waals surface area contributed by atoms with Crippen LogP contribution in [0.2, 0.25) is 0 Å². The van der Waals surface area contributed by atoms with Gasteiger partial charge in [-0.25, -0.2) is 4.79 Å². The average Bonchev–Trinajstić information content (AvgIpc) is 3.14. The van der Waals surface area contributed by atoms with Crippen molar-refractivity contribution in [1.29, 1.82) is 0 Å². The van der Waals surface area contributed by atoms with Crippen LogP contribution in [0.3, 0.4) is 0 Å². The van der Waals surface area contributed by atoms with E-state index in [1.165, 1.54) is 22.3 Å². The number of carbonyl (C=O) groups is 1. The van der Waals surface area contributed by atoms with Gasteiger partial charge in [-0.15, -0.1) is 0 Å². The van der Waals surface area contributed by atoms with E-state index in [2.05, 4.69) is 48.5 Å². The summed E-state index contributed by atoms with van der Waals surface area (Å²) < 4.78 is 5.83. The number of rotatable bonds is 3. The Morgan fingerprint density at radius 3 is 2.33 bits per heavy atom. The highest BCUT2D eigenvalue weighted by Crippen LogP contribution is 2.45. The van der Waals surface area contributed by atoms with E-state index in [4.69, 9.17) is 4.74 Å². The number of benzene rings is 2. The van der Waals surface area contributed by atoms with Crippen molar-refractivity contribution in [3.63, 3.8) is 0 Å². The number of hydrogen-bond donors (Lipinski definition) is 1. The number of hydrogen-bond acceptors (Lipinski definition) is 3. The van der Waals surface area contributed by atoms with Gasteiger partial charge in [0.2, 0.25) is 0 Å². The Morgan fingerprint density at radius 1 is 1.04 bits per heavy atom. The van der Waals surface area contributed by atoms with Crippen LogP contribution < -0.4 is 0 Å². The van der Waals surface area contributed by atoms with Gasteiger partial charge in [0, 0.05) is 31.0 Å². The lowest BCUT2D eigenvalue weighted by molar-refractivity contribution is 0.0817. The summed E-state index contributed by atoms with van der Waals surface area (Å²) in [6.45, 7) is 1.26. The van der Waals surface area contributed by atoms with E-state index in [1.54, 1.807) is 0 Å². The van der Waals surface area contributed by atoms with E-state index >= 15 is 0 Å². The second kappa shape index (κ2) is 6.68. The van der Waals surface area contributed by atoms with Crippen molar-refractivity contribution in [2.75, 3.05) is 19.8 Å². The van der Waals surface area contributed by atoms with E-state index < -0.39 is 0 Å². The molecule has 3 aliphatic rings. The molecule has 0 spiro atoms. The van der Waals surface area contributed by atoms with E-state index in [-0.39, 0.29) is 30.6 Å². The van der Waals surface area contributed by atoms with Gasteiger partial charge < -0.3 is 14.7 Å². The van der Waals surface area contributed by atoms with Crippen LogP contribution in [0.1, 0.15) is 36.3 Å². The van der Waals surface area contributed by atoms with Gasteiger partial charge in [0.15, 0.2) is 0 Å².